The van der Waals surface area contributed by atoms with Gasteiger partial charge < -0.3 is 11.1 Å². The predicted molar refractivity (Wildman–Crippen MR) is 95.8 cm³/mol. The van der Waals surface area contributed by atoms with Crippen LogP contribution < -0.4 is 11.1 Å². The quantitative estimate of drug-likeness (QED) is 0.765. The second kappa shape index (κ2) is 6.01. The molecule has 1 atom stereocenters. The minimum Gasteiger partial charge on any atom is -0.397 e. The van der Waals surface area contributed by atoms with Crippen molar-refractivity contribution in [2.75, 3.05) is 5.73 Å². The first kappa shape index (κ1) is 15.5. The van der Waals surface area contributed by atoms with Gasteiger partial charge in [-0.2, -0.15) is 0 Å². The molecule has 0 saturated heterocycles. The summed E-state index contributed by atoms with van der Waals surface area (Å²) in [6.07, 6.45) is 0. The van der Waals surface area contributed by atoms with Crippen molar-refractivity contribution in [2.24, 2.45) is 0 Å². The smallest absolute Gasteiger partial charge is 0.264 e. The van der Waals surface area contributed by atoms with E-state index in [1.54, 1.807) is 0 Å². The number of rotatable bonds is 3. The summed E-state index contributed by atoms with van der Waals surface area (Å²) in [6.45, 7) is 5.90. The lowest BCUT2D eigenvalue weighted by atomic mass is 10.1. The van der Waals surface area contributed by atoms with Gasteiger partial charge in [0.15, 0.2) is 0 Å². The number of carbonyl (C=O) groups excluding carboxylic acids is 1. The number of nitrogen functional groups attached to an aromatic ring is 1. The third-order valence-corrected chi connectivity index (χ3v) is 4.98. The molecule has 0 radical (unpaired) electrons. The van der Waals surface area contributed by atoms with Crippen molar-refractivity contribution >= 4 is 33.1 Å². The summed E-state index contributed by atoms with van der Waals surface area (Å²) in [7, 11) is 0. The van der Waals surface area contributed by atoms with Crippen LogP contribution in [-0.2, 0) is 0 Å². The summed E-state index contributed by atoms with van der Waals surface area (Å²) in [4.78, 5) is 18.5. The van der Waals surface area contributed by atoms with Gasteiger partial charge in [-0.05, 0) is 38.0 Å². The number of carbonyl (C=O) groups is 1. The highest BCUT2D eigenvalue weighted by Gasteiger charge is 2.20. The highest BCUT2D eigenvalue weighted by molar-refractivity contribution is 7.21. The molecule has 2 aromatic heterocycles. The Morgan fingerprint density at radius 1 is 1.26 bits per heavy atom. The van der Waals surface area contributed by atoms with Crippen molar-refractivity contribution in [1.29, 1.82) is 0 Å². The predicted octanol–water partition coefficient (Wildman–Crippen LogP) is 3.99. The second-order valence-corrected chi connectivity index (χ2v) is 6.71. The second-order valence-electron chi connectivity index (χ2n) is 5.71. The van der Waals surface area contributed by atoms with Crippen LogP contribution in [0, 0.1) is 13.8 Å². The maximum atomic E-state index is 12.6. The molecule has 118 valence electrons. The third kappa shape index (κ3) is 2.92. The molecule has 4 nitrogen and oxygen atoms in total. The van der Waals surface area contributed by atoms with Crippen LogP contribution in [0.2, 0.25) is 0 Å². The molecule has 0 aliphatic heterocycles. The van der Waals surface area contributed by atoms with Crippen molar-refractivity contribution in [1.82, 2.24) is 10.3 Å². The Morgan fingerprint density at radius 2 is 1.96 bits per heavy atom. The number of anilines is 1. The van der Waals surface area contributed by atoms with Crippen LogP contribution in [-0.4, -0.2) is 10.9 Å². The van der Waals surface area contributed by atoms with Gasteiger partial charge in [0.25, 0.3) is 5.91 Å². The maximum absolute atomic E-state index is 12.6. The molecule has 0 unspecified atom stereocenters. The number of benzene rings is 1. The molecule has 23 heavy (non-hydrogen) atoms. The average molecular weight is 325 g/mol. The molecule has 3 N–H and O–H groups in total. The van der Waals surface area contributed by atoms with E-state index in [-0.39, 0.29) is 11.9 Å². The van der Waals surface area contributed by atoms with Crippen LogP contribution in [0.25, 0.3) is 10.2 Å². The number of fused-ring (bicyclic) bond motifs is 1. The lowest BCUT2D eigenvalue weighted by Crippen LogP contribution is -2.26. The van der Waals surface area contributed by atoms with Gasteiger partial charge in [0, 0.05) is 11.1 Å². The Kier molecular flexibility index (Phi) is 4.05. The van der Waals surface area contributed by atoms with Crippen LogP contribution in [0.15, 0.2) is 36.4 Å². The van der Waals surface area contributed by atoms with E-state index in [4.69, 9.17) is 5.73 Å². The van der Waals surface area contributed by atoms with E-state index in [1.807, 2.05) is 57.2 Å². The minimum absolute atomic E-state index is 0.0795. The molecular weight excluding hydrogens is 306 g/mol. The first-order valence-electron chi connectivity index (χ1n) is 7.49. The number of nitrogens with two attached hydrogens (primary N) is 1. The Bertz CT molecular complexity index is 871. The standard InChI is InChI=1S/C18H19N3OS/c1-10-9-11(2)20-18-14(10)15(19)16(23-18)17(22)21-12(3)13-7-5-4-6-8-13/h4-9,12H,19H2,1-3H3,(H,21,22)/t12-/m0/s1. The van der Waals surface area contributed by atoms with Crippen molar-refractivity contribution in [3.63, 3.8) is 0 Å². The fourth-order valence-electron chi connectivity index (χ4n) is 2.73. The Balaban J connectivity index is 1.92. The molecule has 0 bridgehead atoms. The van der Waals surface area contributed by atoms with E-state index in [2.05, 4.69) is 10.3 Å². The van der Waals surface area contributed by atoms with Gasteiger partial charge in [-0.3, -0.25) is 4.79 Å². The topological polar surface area (TPSA) is 68.0 Å². The number of aromatic nitrogens is 1. The Hall–Kier alpha value is -2.40. The highest BCUT2D eigenvalue weighted by atomic mass is 32.1. The molecule has 0 saturated carbocycles. The fourth-order valence-corrected chi connectivity index (χ4v) is 3.84. The number of thiophene rings is 1. The zero-order chi connectivity index (χ0) is 16.6. The Labute approximate surface area is 139 Å². The van der Waals surface area contributed by atoms with Gasteiger partial charge in [0.2, 0.25) is 0 Å². The van der Waals surface area contributed by atoms with Gasteiger partial charge in [-0.25, -0.2) is 4.98 Å². The monoisotopic (exact) mass is 325 g/mol. The minimum atomic E-state index is -0.154. The number of pyridine rings is 1. The molecular formula is C18H19N3OS. The van der Waals surface area contributed by atoms with E-state index in [0.717, 1.165) is 27.0 Å². The van der Waals surface area contributed by atoms with Crippen LogP contribution in [0.1, 0.15) is 39.5 Å². The average Bonchev–Trinajstić information content (AvgIpc) is 2.85. The SMILES string of the molecule is Cc1cc(C)c2c(N)c(C(=O)N[C@@H](C)c3ccccc3)sc2n1. The largest absolute Gasteiger partial charge is 0.397 e. The zero-order valence-corrected chi connectivity index (χ0v) is 14.2. The number of nitrogens with one attached hydrogen (secondary N) is 1. The van der Waals surface area contributed by atoms with Gasteiger partial charge in [0.05, 0.1) is 11.7 Å². The lowest BCUT2D eigenvalue weighted by molar-refractivity contribution is 0.0945. The first-order chi connectivity index (χ1) is 11.0. The van der Waals surface area contributed by atoms with Crippen molar-refractivity contribution in [3.05, 3.63) is 58.1 Å². The molecule has 5 heteroatoms. The van der Waals surface area contributed by atoms with Crippen molar-refractivity contribution in [2.45, 2.75) is 26.8 Å². The number of hydrogen-bond donors (Lipinski definition) is 2. The number of amides is 1. The third-order valence-electron chi connectivity index (χ3n) is 3.88. The normalized spacial score (nSPS) is 12.3. The van der Waals surface area contributed by atoms with Crippen molar-refractivity contribution < 1.29 is 4.79 Å². The van der Waals surface area contributed by atoms with E-state index in [1.165, 1.54) is 11.3 Å². The summed E-state index contributed by atoms with van der Waals surface area (Å²) >= 11 is 1.35. The first-order valence-corrected chi connectivity index (χ1v) is 8.31. The molecule has 0 aliphatic rings. The molecule has 3 aromatic rings. The fraction of sp³-hybridized carbons (Fsp3) is 0.222. The molecule has 1 amide bonds. The lowest BCUT2D eigenvalue weighted by Gasteiger charge is -2.13. The zero-order valence-electron chi connectivity index (χ0n) is 13.4. The summed E-state index contributed by atoms with van der Waals surface area (Å²) in [6, 6.07) is 11.8. The number of hydrogen-bond acceptors (Lipinski definition) is 4. The van der Waals surface area contributed by atoms with E-state index in [0.29, 0.717) is 10.6 Å². The van der Waals surface area contributed by atoms with Crippen LogP contribution in [0.5, 0.6) is 0 Å². The number of aryl methyl sites for hydroxylation is 2. The van der Waals surface area contributed by atoms with Crippen LogP contribution in [0.3, 0.4) is 0 Å². The van der Waals surface area contributed by atoms with Crippen LogP contribution >= 0.6 is 11.3 Å². The van der Waals surface area contributed by atoms with Crippen molar-refractivity contribution in [3.8, 4) is 0 Å². The molecule has 3 rings (SSSR count). The van der Waals surface area contributed by atoms with Gasteiger partial charge in [0.1, 0.15) is 9.71 Å². The summed E-state index contributed by atoms with van der Waals surface area (Å²) < 4.78 is 0. The molecule has 1 aromatic carbocycles. The molecule has 2 heterocycles. The molecule has 0 spiro atoms. The highest BCUT2D eigenvalue weighted by Crippen LogP contribution is 2.35. The summed E-state index contributed by atoms with van der Waals surface area (Å²) in [5.41, 5.74) is 9.78. The van der Waals surface area contributed by atoms with Gasteiger partial charge in [-0.1, -0.05) is 30.3 Å². The summed E-state index contributed by atoms with van der Waals surface area (Å²) in [5, 5.41) is 3.90. The van der Waals surface area contributed by atoms with Crippen LogP contribution in [0.4, 0.5) is 5.69 Å². The molecule has 0 aliphatic carbocycles. The van der Waals surface area contributed by atoms with E-state index in [9.17, 15) is 4.79 Å². The van der Waals surface area contributed by atoms with Gasteiger partial charge in [-0.15, -0.1) is 11.3 Å². The molecule has 0 fully saturated rings. The van der Waals surface area contributed by atoms with E-state index >= 15 is 0 Å². The number of nitrogens with zero attached hydrogens (tertiary/aromatic N) is 1. The van der Waals surface area contributed by atoms with E-state index < -0.39 is 0 Å². The van der Waals surface area contributed by atoms with Gasteiger partial charge >= 0.3 is 0 Å². The maximum Gasteiger partial charge on any atom is 0.264 e. The summed E-state index contributed by atoms with van der Waals surface area (Å²) in [5.74, 6) is -0.154. The Morgan fingerprint density at radius 3 is 2.65 bits per heavy atom.